The molecule has 0 aromatic heterocycles. The fraction of sp³-hybridized carbons (Fsp3) is 0.250. The second-order valence-corrected chi connectivity index (χ2v) is 5.50. The van der Waals surface area contributed by atoms with Crippen LogP contribution in [0.15, 0.2) is 48.5 Å². The summed E-state index contributed by atoms with van der Waals surface area (Å²) in [7, 11) is -2.29. The SMILES string of the molecule is Cc1ccccc1OCO[P+](=O)OCOc1ccccc1C. The molecule has 2 aromatic carbocycles. The van der Waals surface area contributed by atoms with E-state index in [0.717, 1.165) is 11.1 Å². The molecule has 0 saturated carbocycles. The number of para-hydroxylation sites is 2. The molecule has 6 heteroatoms. The highest BCUT2D eigenvalue weighted by molar-refractivity contribution is 7.33. The Hall–Kier alpha value is -1.94. The topological polar surface area (TPSA) is 54.0 Å². The molecule has 0 aliphatic heterocycles. The van der Waals surface area contributed by atoms with E-state index in [1.165, 1.54) is 0 Å². The predicted octanol–water partition coefficient (Wildman–Crippen LogP) is 4.37. The van der Waals surface area contributed by atoms with E-state index in [4.69, 9.17) is 18.5 Å². The Morgan fingerprint density at radius 1 is 0.773 bits per heavy atom. The van der Waals surface area contributed by atoms with Gasteiger partial charge in [-0.3, -0.25) is 0 Å². The minimum atomic E-state index is -2.29. The zero-order valence-electron chi connectivity index (χ0n) is 12.5. The van der Waals surface area contributed by atoms with E-state index >= 15 is 0 Å². The van der Waals surface area contributed by atoms with E-state index < -0.39 is 8.25 Å². The van der Waals surface area contributed by atoms with Gasteiger partial charge in [0.05, 0.1) is 0 Å². The molecule has 0 spiro atoms. The summed E-state index contributed by atoms with van der Waals surface area (Å²) in [6.45, 7) is 3.54. The van der Waals surface area contributed by atoms with Gasteiger partial charge in [0.2, 0.25) is 13.6 Å². The van der Waals surface area contributed by atoms with Crippen molar-refractivity contribution in [1.29, 1.82) is 0 Å². The average Bonchev–Trinajstić information content (AvgIpc) is 2.51. The second kappa shape index (κ2) is 8.49. The molecule has 0 bridgehead atoms. The lowest BCUT2D eigenvalue weighted by Crippen LogP contribution is -2.03. The Bertz CT molecular complexity index is 576. The average molecular weight is 321 g/mol. The van der Waals surface area contributed by atoms with Crippen molar-refractivity contribution in [3.8, 4) is 11.5 Å². The maximum absolute atomic E-state index is 11.5. The van der Waals surface area contributed by atoms with E-state index in [2.05, 4.69) is 0 Å². The van der Waals surface area contributed by atoms with Crippen LogP contribution < -0.4 is 9.47 Å². The molecule has 5 nitrogen and oxygen atoms in total. The van der Waals surface area contributed by atoms with Crippen molar-refractivity contribution < 1.29 is 23.1 Å². The number of benzene rings is 2. The first-order valence-electron chi connectivity index (χ1n) is 6.77. The molecular weight excluding hydrogens is 303 g/mol. The summed E-state index contributed by atoms with van der Waals surface area (Å²) >= 11 is 0. The molecule has 22 heavy (non-hydrogen) atoms. The molecule has 0 N–H and O–H groups in total. The summed E-state index contributed by atoms with van der Waals surface area (Å²) in [6, 6.07) is 15.0. The number of hydrogen-bond acceptors (Lipinski definition) is 5. The molecule has 2 aromatic rings. The Morgan fingerprint density at radius 3 is 1.59 bits per heavy atom. The van der Waals surface area contributed by atoms with Crippen molar-refractivity contribution in [2.45, 2.75) is 13.8 Å². The van der Waals surface area contributed by atoms with Gasteiger partial charge in [0.25, 0.3) is 0 Å². The second-order valence-electron chi connectivity index (χ2n) is 4.54. The Kier molecular flexibility index (Phi) is 6.34. The van der Waals surface area contributed by atoms with Crippen LogP contribution >= 0.6 is 8.25 Å². The maximum atomic E-state index is 11.5. The molecular formula is C16H18O5P+. The largest absolute Gasteiger partial charge is 0.704 e. The smallest absolute Gasteiger partial charge is 0.462 e. The predicted molar refractivity (Wildman–Crippen MR) is 83.1 cm³/mol. The summed E-state index contributed by atoms with van der Waals surface area (Å²) in [4.78, 5) is 0. The molecule has 0 atom stereocenters. The van der Waals surface area contributed by atoms with Crippen LogP contribution in [0.5, 0.6) is 11.5 Å². The van der Waals surface area contributed by atoms with E-state index in [1.807, 2.05) is 62.4 Å². The van der Waals surface area contributed by atoms with Crippen LogP contribution in [0.4, 0.5) is 0 Å². The van der Waals surface area contributed by atoms with Crippen molar-refractivity contribution in [1.82, 2.24) is 0 Å². The van der Waals surface area contributed by atoms with Crippen molar-refractivity contribution >= 4 is 8.25 Å². The van der Waals surface area contributed by atoms with E-state index in [0.29, 0.717) is 11.5 Å². The fourth-order valence-electron chi connectivity index (χ4n) is 1.74. The van der Waals surface area contributed by atoms with Gasteiger partial charge < -0.3 is 9.47 Å². The summed E-state index contributed by atoms with van der Waals surface area (Å²) < 4.78 is 32.2. The standard InChI is InChI=1S/C16H18O5P/c1-13-7-3-5-9-15(13)18-11-20-22(17)21-12-19-16-10-6-4-8-14(16)2/h3-10H,11-12H2,1-2H3/q+1. The normalized spacial score (nSPS) is 10.3. The van der Waals surface area contributed by atoms with Crippen LogP contribution in [0.2, 0.25) is 0 Å². The molecule has 116 valence electrons. The lowest BCUT2D eigenvalue weighted by Gasteiger charge is -2.05. The molecule has 0 heterocycles. The first kappa shape index (κ1) is 16.4. The summed E-state index contributed by atoms with van der Waals surface area (Å²) in [5.74, 6) is 1.36. The molecule has 0 aliphatic carbocycles. The van der Waals surface area contributed by atoms with Gasteiger partial charge in [0, 0.05) is 4.57 Å². The van der Waals surface area contributed by atoms with Crippen molar-refractivity contribution in [3.05, 3.63) is 59.7 Å². The lowest BCUT2D eigenvalue weighted by molar-refractivity contribution is 0.0691. The van der Waals surface area contributed by atoms with Gasteiger partial charge in [0.15, 0.2) is 0 Å². The summed E-state index contributed by atoms with van der Waals surface area (Å²) in [6.07, 6.45) is 0. The van der Waals surface area contributed by atoms with Crippen molar-refractivity contribution in [3.63, 3.8) is 0 Å². The summed E-state index contributed by atoms with van der Waals surface area (Å²) in [5, 5.41) is 0. The quantitative estimate of drug-likeness (QED) is 0.534. The van der Waals surface area contributed by atoms with Crippen LogP contribution in [0.25, 0.3) is 0 Å². The minimum absolute atomic E-state index is 0.148. The number of hydrogen-bond donors (Lipinski definition) is 0. The molecule has 0 fully saturated rings. The fourth-order valence-corrected chi connectivity index (χ4v) is 2.09. The highest BCUT2D eigenvalue weighted by Gasteiger charge is 2.21. The van der Waals surface area contributed by atoms with Crippen molar-refractivity contribution in [2.75, 3.05) is 13.6 Å². The Morgan fingerprint density at radius 2 is 1.18 bits per heavy atom. The van der Waals surface area contributed by atoms with Gasteiger partial charge in [-0.15, -0.1) is 0 Å². The number of ether oxygens (including phenoxy) is 2. The number of aryl methyl sites for hydroxylation is 2. The van der Waals surface area contributed by atoms with Gasteiger partial charge in [-0.05, 0) is 37.1 Å². The van der Waals surface area contributed by atoms with E-state index in [9.17, 15) is 4.57 Å². The minimum Gasteiger partial charge on any atom is -0.462 e. The first-order valence-corrected chi connectivity index (χ1v) is 7.86. The number of rotatable bonds is 8. The van der Waals surface area contributed by atoms with Gasteiger partial charge in [-0.2, -0.15) is 0 Å². The molecule has 0 amide bonds. The highest BCUT2D eigenvalue weighted by Crippen LogP contribution is 2.25. The van der Waals surface area contributed by atoms with E-state index in [-0.39, 0.29) is 13.6 Å². The van der Waals surface area contributed by atoms with Crippen LogP contribution in [-0.4, -0.2) is 13.6 Å². The first-order chi connectivity index (χ1) is 10.7. The molecule has 0 saturated heterocycles. The highest BCUT2D eigenvalue weighted by atomic mass is 31.1. The van der Waals surface area contributed by atoms with Crippen LogP contribution in [0.1, 0.15) is 11.1 Å². The van der Waals surface area contributed by atoms with Crippen LogP contribution in [0, 0.1) is 13.8 Å². The van der Waals surface area contributed by atoms with Gasteiger partial charge in [-0.1, -0.05) is 45.4 Å². The summed E-state index contributed by atoms with van der Waals surface area (Å²) in [5.41, 5.74) is 1.95. The monoisotopic (exact) mass is 321 g/mol. The van der Waals surface area contributed by atoms with E-state index in [1.54, 1.807) is 0 Å². The lowest BCUT2D eigenvalue weighted by atomic mass is 10.2. The zero-order valence-corrected chi connectivity index (χ0v) is 13.4. The Labute approximate surface area is 130 Å². The van der Waals surface area contributed by atoms with Crippen LogP contribution in [0.3, 0.4) is 0 Å². The zero-order chi connectivity index (χ0) is 15.8. The van der Waals surface area contributed by atoms with Crippen LogP contribution in [-0.2, 0) is 13.6 Å². The third-order valence-corrected chi connectivity index (χ3v) is 3.56. The Balaban J connectivity index is 1.66. The molecule has 0 aliphatic rings. The molecule has 2 rings (SSSR count). The van der Waals surface area contributed by atoms with Gasteiger partial charge in [-0.25, -0.2) is 0 Å². The molecule has 0 unspecified atom stereocenters. The van der Waals surface area contributed by atoms with Gasteiger partial charge >= 0.3 is 8.25 Å². The van der Waals surface area contributed by atoms with Crippen molar-refractivity contribution in [2.24, 2.45) is 0 Å². The maximum Gasteiger partial charge on any atom is 0.704 e. The molecule has 0 radical (unpaired) electrons. The van der Waals surface area contributed by atoms with Gasteiger partial charge in [0.1, 0.15) is 11.5 Å². The third kappa shape index (κ3) is 5.11. The third-order valence-electron chi connectivity index (χ3n) is 2.93.